The Balaban J connectivity index is 1.85. The molecule has 0 bridgehead atoms. The van der Waals surface area contributed by atoms with Crippen molar-refractivity contribution in [3.8, 4) is 0 Å². The van der Waals surface area contributed by atoms with Crippen LogP contribution in [0.1, 0.15) is 37.5 Å². The minimum atomic E-state index is 0.359. The fourth-order valence-electron chi connectivity index (χ4n) is 2.57. The Labute approximate surface area is 111 Å². The van der Waals surface area contributed by atoms with Gasteiger partial charge in [-0.3, -0.25) is 0 Å². The van der Waals surface area contributed by atoms with Gasteiger partial charge in [-0.15, -0.1) is 11.3 Å². The van der Waals surface area contributed by atoms with Crippen molar-refractivity contribution in [3.05, 3.63) is 20.8 Å². The molecule has 1 aromatic heterocycles. The van der Waals surface area contributed by atoms with Crippen LogP contribution in [0.25, 0.3) is 0 Å². The maximum Gasteiger partial charge on any atom is 0.0701 e. The van der Waals surface area contributed by atoms with Gasteiger partial charge >= 0.3 is 0 Å². The van der Waals surface area contributed by atoms with Crippen molar-refractivity contribution < 1.29 is 0 Å². The highest BCUT2D eigenvalue weighted by molar-refractivity contribution is 9.11. The fraction of sp³-hybridized carbons (Fsp3) is 0.692. The van der Waals surface area contributed by atoms with Gasteiger partial charge in [0.1, 0.15) is 0 Å². The van der Waals surface area contributed by atoms with Gasteiger partial charge in [-0.05, 0) is 59.2 Å². The van der Waals surface area contributed by atoms with E-state index in [1.54, 1.807) is 0 Å². The molecule has 1 nitrogen and oxygen atoms in total. The first kappa shape index (κ1) is 12.6. The summed E-state index contributed by atoms with van der Waals surface area (Å²) in [4.78, 5) is 1.41. The number of hydrogen-bond acceptors (Lipinski definition) is 2. The summed E-state index contributed by atoms with van der Waals surface area (Å²) in [5.41, 5.74) is 6.33. The van der Waals surface area contributed by atoms with Gasteiger partial charge < -0.3 is 5.73 Å². The first-order valence-electron chi connectivity index (χ1n) is 6.15. The Morgan fingerprint density at radius 1 is 1.38 bits per heavy atom. The molecule has 90 valence electrons. The molecule has 0 spiro atoms. The van der Waals surface area contributed by atoms with Crippen molar-refractivity contribution in [2.45, 2.75) is 45.1 Å². The van der Waals surface area contributed by atoms with Crippen molar-refractivity contribution in [2.24, 2.45) is 17.6 Å². The molecule has 1 fully saturated rings. The molecule has 0 amide bonds. The Kier molecular flexibility index (Phi) is 4.45. The van der Waals surface area contributed by atoms with Crippen LogP contribution in [0.4, 0.5) is 0 Å². The van der Waals surface area contributed by atoms with Gasteiger partial charge in [-0.2, -0.15) is 0 Å². The van der Waals surface area contributed by atoms with Gasteiger partial charge in [0.15, 0.2) is 0 Å². The Hall–Kier alpha value is 0.140. The van der Waals surface area contributed by atoms with Gasteiger partial charge in [0.25, 0.3) is 0 Å². The molecule has 2 rings (SSSR count). The maximum absolute atomic E-state index is 6.33. The summed E-state index contributed by atoms with van der Waals surface area (Å²) >= 11 is 5.32. The average Bonchev–Trinajstić information content (AvgIpc) is 2.65. The van der Waals surface area contributed by atoms with Crippen LogP contribution in [-0.2, 0) is 6.42 Å². The maximum atomic E-state index is 6.33. The minimum Gasteiger partial charge on any atom is -0.327 e. The van der Waals surface area contributed by atoms with Gasteiger partial charge in [0.05, 0.1) is 3.79 Å². The third kappa shape index (κ3) is 3.31. The van der Waals surface area contributed by atoms with Crippen LogP contribution in [0.3, 0.4) is 0 Å². The summed E-state index contributed by atoms with van der Waals surface area (Å²) in [5, 5.41) is 0. The van der Waals surface area contributed by atoms with Crippen LogP contribution >= 0.6 is 27.3 Å². The van der Waals surface area contributed by atoms with Crippen LogP contribution in [0.5, 0.6) is 0 Å². The molecule has 0 radical (unpaired) electrons. The quantitative estimate of drug-likeness (QED) is 0.889. The fourth-order valence-corrected chi connectivity index (χ4v) is 4.13. The van der Waals surface area contributed by atoms with E-state index < -0.39 is 0 Å². The Bertz CT molecular complexity index is 328. The summed E-state index contributed by atoms with van der Waals surface area (Å²) in [6.45, 7) is 2.36. The van der Waals surface area contributed by atoms with E-state index in [9.17, 15) is 0 Å². The lowest BCUT2D eigenvalue weighted by Gasteiger charge is -2.30. The van der Waals surface area contributed by atoms with E-state index in [-0.39, 0.29) is 0 Å². The normalized spacial score (nSPS) is 27.9. The molecule has 1 unspecified atom stereocenters. The highest BCUT2D eigenvalue weighted by Gasteiger charge is 2.23. The van der Waals surface area contributed by atoms with E-state index >= 15 is 0 Å². The molecular weight excluding hydrogens is 282 g/mol. The molecule has 1 atom stereocenters. The molecule has 3 heteroatoms. The number of hydrogen-bond donors (Lipinski definition) is 1. The van der Waals surface area contributed by atoms with Crippen molar-refractivity contribution in [2.75, 3.05) is 0 Å². The highest BCUT2D eigenvalue weighted by atomic mass is 79.9. The molecule has 1 aromatic rings. The second-order valence-electron chi connectivity index (χ2n) is 5.09. The van der Waals surface area contributed by atoms with E-state index in [1.165, 1.54) is 34.3 Å². The van der Waals surface area contributed by atoms with Crippen LogP contribution in [-0.4, -0.2) is 6.04 Å². The van der Waals surface area contributed by atoms with Crippen LogP contribution in [0.15, 0.2) is 15.9 Å². The molecule has 2 N–H and O–H groups in total. The minimum absolute atomic E-state index is 0.359. The molecule has 1 saturated carbocycles. The summed E-state index contributed by atoms with van der Waals surface area (Å²) in [7, 11) is 0. The first-order chi connectivity index (χ1) is 7.65. The zero-order chi connectivity index (χ0) is 11.5. The summed E-state index contributed by atoms with van der Waals surface area (Å²) in [6, 6.07) is 4.67. The van der Waals surface area contributed by atoms with Crippen LogP contribution in [0, 0.1) is 11.8 Å². The molecule has 0 saturated heterocycles. The molecule has 0 aliphatic heterocycles. The zero-order valence-corrected chi connectivity index (χ0v) is 12.2. The van der Waals surface area contributed by atoms with Gasteiger partial charge in [0.2, 0.25) is 0 Å². The number of nitrogens with two attached hydrogens (primary N) is 1. The van der Waals surface area contributed by atoms with E-state index in [2.05, 4.69) is 35.0 Å². The smallest absolute Gasteiger partial charge is 0.0701 e. The summed E-state index contributed by atoms with van der Waals surface area (Å²) in [5.74, 6) is 1.66. The average molecular weight is 302 g/mol. The molecule has 1 heterocycles. The number of rotatable bonds is 3. The Morgan fingerprint density at radius 3 is 2.62 bits per heavy atom. The highest BCUT2D eigenvalue weighted by Crippen LogP contribution is 2.32. The lowest BCUT2D eigenvalue weighted by Crippen LogP contribution is -2.34. The summed E-state index contributed by atoms with van der Waals surface area (Å²) in [6.07, 6.45) is 6.44. The zero-order valence-electron chi connectivity index (χ0n) is 9.79. The van der Waals surface area contributed by atoms with E-state index in [0.717, 1.165) is 18.3 Å². The monoisotopic (exact) mass is 301 g/mol. The van der Waals surface area contributed by atoms with Crippen molar-refractivity contribution in [3.63, 3.8) is 0 Å². The summed E-state index contributed by atoms with van der Waals surface area (Å²) < 4.78 is 1.21. The van der Waals surface area contributed by atoms with Crippen LogP contribution < -0.4 is 5.73 Å². The van der Waals surface area contributed by atoms with Gasteiger partial charge in [-0.25, -0.2) is 0 Å². The van der Waals surface area contributed by atoms with Gasteiger partial charge in [-0.1, -0.05) is 19.8 Å². The van der Waals surface area contributed by atoms with E-state index in [0.29, 0.717) is 6.04 Å². The van der Waals surface area contributed by atoms with Crippen molar-refractivity contribution >= 4 is 27.3 Å². The molecule has 16 heavy (non-hydrogen) atoms. The molecule has 1 aliphatic rings. The van der Waals surface area contributed by atoms with Crippen molar-refractivity contribution in [1.29, 1.82) is 0 Å². The third-order valence-electron chi connectivity index (χ3n) is 3.73. The van der Waals surface area contributed by atoms with Gasteiger partial charge in [0, 0.05) is 10.9 Å². The predicted octanol–water partition coefficient (Wildman–Crippen LogP) is 4.21. The molecule has 0 aromatic carbocycles. The van der Waals surface area contributed by atoms with E-state index in [4.69, 9.17) is 5.73 Å². The van der Waals surface area contributed by atoms with E-state index in [1.807, 2.05) is 11.3 Å². The molecular formula is C13H20BrNS. The molecule has 1 aliphatic carbocycles. The lowest BCUT2D eigenvalue weighted by atomic mass is 9.78. The Morgan fingerprint density at radius 2 is 2.06 bits per heavy atom. The van der Waals surface area contributed by atoms with Crippen LogP contribution in [0.2, 0.25) is 0 Å². The number of thiophene rings is 1. The third-order valence-corrected chi connectivity index (χ3v) is 5.38. The number of halogens is 1. The predicted molar refractivity (Wildman–Crippen MR) is 74.8 cm³/mol. The SMILES string of the molecule is CC1CCC(C(N)Cc2ccc(Br)s2)CC1. The first-order valence-corrected chi connectivity index (χ1v) is 7.76. The standard InChI is InChI=1S/C13H20BrNS/c1-9-2-4-10(5-3-9)12(15)8-11-6-7-13(14)16-11/h6-7,9-10,12H,2-5,8,15H2,1H3. The van der Waals surface area contributed by atoms with Crippen molar-refractivity contribution in [1.82, 2.24) is 0 Å². The topological polar surface area (TPSA) is 26.0 Å². The lowest BCUT2D eigenvalue weighted by molar-refractivity contribution is 0.254. The second-order valence-corrected chi connectivity index (χ2v) is 7.64. The second kappa shape index (κ2) is 5.65. The largest absolute Gasteiger partial charge is 0.327 e.